The summed E-state index contributed by atoms with van der Waals surface area (Å²) in [4.78, 5) is 14.4. The summed E-state index contributed by atoms with van der Waals surface area (Å²) in [6.07, 6.45) is 9.66. The van der Waals surface area contributed by atoms with Gasteiger partial charge >= 0.3 is 5.97 Å². The topological polar surface area (TPSA) is 53.1 Å². The Morgan fingerprint density at radius 3 is 2.74 bits per heavy atom. The third-order valence-corrected chi connectivity index (χ3v) is 6.31. The number of benzene rings is 1. The van der Waals surface area contributed by atoms with Gasteiger partial charge in [0.1, 0.15) is 0 Å². The van der Waals surface area contributed by atoms with Crippen molar-refractivity contribution >= 4 is 28.5 Å². The summed E-state index contributed by atoms with van der Waals surface area (Å²) in [7, 11) is 0. The number of carbonyl (C=O) groups is 1. The Balaban J connectivity index is 1.39. The van der Waals surface area contributed by atoms with E-state index in [1.54, 1.807) is 0 Å². The number of rotatable bonds is 3. The highest BCUT2D eigenvalue weighted by Gasteiger charge is 2.46. The third-order valence-electron chi connectivity index (χ3n) is 6.08. The highest BCUT2D eigenvalue weighted by molar-refractivity contribution is 6.31. The van der Waals surface area contributed by atoms with E-state index in [4.69, 9.17) is 16.7 Å². The second kappa shape index (κ2) is 5.55. The number of aromatic nitrogens is 1. The van der Waals surface area contributed by atoms with Gasteiger partial charge in [-0.3, -0.25) is 4.79 Å². The fourth-order valence-corrected chi connectivity index (χ4v) is 5.00. The Morgan fingerprint density at radius 1 is 1.30 bits per heavy atom. The summed E-state index contributed by atoms with van der Waals surface area (Å²) in [6, 6.07) is 6.01. The molecule has 2 aliphatic rings. The first kappa shape index (κ1) is 15.1. The second-order valence-corrected chi connectivity index (χ2v) is 8.03. The molecule has 1 aromatic carbocycles. The molecule has 23 heavy (non-hydrogen) atoms. The van der Waals surface area contributed by atoms with E-state index in [0.717, 1.165) is 48.6 Å². The second-order valence-electron chi connectivity index (χ2n) is 7.59. The van der Waals surface area contributed by atoms with E-state index in [9.17, 15) is 4.79 Å². The van der Waals surface area contributed by atoms with Crippen molar-refractivity contribution in [2.24, 2.45) is 17.3 Å². The lowest BCUT2D eigenvalue weighted by molar-refractivity contribution is -0.144. The van der Waals surface area contributed by atoms with Crippen LogP contribution in [0.3, 0.4) is 0 Å². The Labute approximate surface area is 141 Å². The van der Waals surface area contributed by atoms with E-state index in [0.29, 0.717) is 5.41 Å². The van der Waals surface area contributed by atoms with Gasteiger partial charge in [0.25, 0.3) is 0 Å². The number of aliphatic carboxylic acids is 1. The molecule has 0 unspecified atom stereocenters. The lowest BCUT2D eigenvalue weighted by atomic mass is 9.53. The van der Waals surface area contributed by atoms with Crippen molar-refractivity contribution in [2.45, 2.75) is 44.9 Å². The largest absolute Gasteiger partial charge is 0.481 e. The molecule has 0 radical (unpaired) electrons. The van der Waals surface area contributed by atoms with E-state index in [2.05, 4.69) is 17.2 Å². The predicted octanol–water partition coefficient (Wildman–Crippen LogP) is 5.04. The molecule has 2 aromatic rings. The third kappa shape index (κ3) is 2.76. The van der Waals surface area contributed by atoms with Crippen LogP contribution in [0.1, 0.15) is 44.1 Å². The molecule has 0 bridgehead atoms. The van der Waals surface area contributed by atoms with Gasteiger partial charge in [0.2, 0.25) is 0 Å². The molecular weight excluding hydrogens is 310 g/mol. The molecule has 3 nitrogen and oxygen atoms in total. The van der Waals surface area contributed by atoms with Crippen molar-refractivity contribution in [3.8, 4) is 0 Å². The lowest BCUT2D eigenvalue weighted by Crippen LogP contribution is -2.42. The van der Waals surface area contributed by atoms with Gasteiger partial charge in [0, 0.05) is 22.1 Å². The van der Waals surface area contributed by atoms with Gasteiger partial charge in [0.05, 0.1) is 5.92 Å². The van der Waals surface area contributed by atoms with Crippen LogP contribution in [0.5, 0.6) is 0 Å². The molecule has 4 rings (SSSR count). The number of hydrogen-bond acceptors (Lipinski definition) is 1. The molecule has 2 saturated carbocycles. The lowest BCUT2D eigenvalue weighted by Gasteiger charge is -2.51. The molecule has 1 aromatic heterocycles. The zero-order valence-electron chi connectivity index (χ0n) is 13.1. The van der Waals surface area contributed by atoms with Gasteiger partial charge in [-0.2, -0.15) is 0 Å². The van der Waals surface area contributed by atoms with Crippen LogP contribution in [0.15, 0.2) is 24.4 Å². The van der Waals surface area contributed by atoms with Gasteiger partial charge in [-0.25, -0.2) is 0 Å². The molecule has 0 atom stereocenters. The summed E-state index contributed by atoms with van der Waals surface area (Å²) in [6.45, 7) is 0. The minimum Gasteiger partial charge on any atom is -0.481 e. The number of carboxylic acid groups (broad SMARTS) is 1. The van der Waals surface area contributed by atoms with Crippen LogP contribution < -0.4 is 0 Å². The van der Waals surface area contributed by atoms with Crippen molar-refractivity contribution in [3.63, 3.8) is 0 Å². The highest BCUT2D eigenvalue weighted by Crippen LogP contribution is 2.56. The van der Waals surface area contributed by atoms with Crippen molar-refractivity contribution in [2.75, 3.05) is 0 Å². The minimum absolute atomic E-state index is 0.101. The summed E-state index contributed by atoms with van der Waals surface area (Å²) in [5.41, 5.74) is 2.96. The quantitative estimate of drug-likeness (QED) is 0.828. The number of hydrogen-bond donors (Lipinski definition) is 2. The van der Waals surface area contributed by atoms with Crippen LogP contribution in [-0.2, 0) is 11.2 Å². The first-order valence-electron chi connectivity index (χ1n) is 8.53. The molecule has 1 heterocycles. The Hall–Kier alpha value is -1.48. The van der Waals surface area contributed by atoms with Crippen molar-refractivity contribution in [3.05, 3.63) is 35.0 Å². The standard InChI is InChI=1S/C19H22ClNO2/c20-15-1-2-17-16(8-15)14(11-21-17)7-12-9-19(10-12)5-3-13(4-6-19)18(22)23/h1-2,8,11-13,21H,3-7,9-10H2,(H,22,23). The van der Waals surface area contributed by atoms with Crippen molar-refractivity contribution < 1.29 is 9.90 Å². The molecule has 0 amide bonds. The Kier molecular flexibility index (Phi) is 3.64. The van der Waals surface area contributed by atoms with Crippen LogP contribution in [0.4, 0.5) is 0 Å². The van der Waals surface area contributed by atoms with E-state index >= 15 is 0 Å². The van der Waals surface area contributed by atoms with Gasteiger partial charge < -0.3 is 10.1 Å². The molecule has 0 saturated heterocycles. The number of carboxylic acids is 1. The average Bonchev–Trinajstić information content (AvgIpc) is 2.88. The number of aromatic amines is 1. The van der Waals surface area contributed by atoms with Crippen LogP contribution in [0, 0.1) is 17.3 Å². The van der Waals surface area contributed by atoms with E-state index < -0.39 is 5.97 Å². The molecular formula is C19H22ClNO2. The summed E-state index contributed by atoms with van der Waals surface area (Å²) < 4.78 is 0. The van der Waals surface area contributed by atoms with Gasteiger partial charge in [-0.15, -0.1) is 0 Å². The maximum atomic E-state index is 11.1. The van der Waals surface area contributed by atoms with Crippen LogP contribution in [0.25, 0.3) is 10.9 Å². The molecule has 2 fully saturated rings. The molecule has 122 valence electrons. The van der Waals surface area contributed by atoms with Crippen molar-refractivity contribution in [1.29, 1.82) is 0 Å². The van der Waals surface area contributed by atoms with Gasteiger partial charge in [-0.05, 0) is 80.0 Å². The molecule has 4 heteroatoms. The maximum Gasteiger partial charge on any atom is 0.306 e. The summed E-state index contributed by atoms with van der Waals surface area (Å²) in [5, 5.41) is 11.2. The molecule has 2 aliphatic carbocycles. The predicted molar refractivity (Wildman–Crippen MR) is 91.8 cm³/mol. The number of fused-ring (bicyclic) bond motifs is 1. The van der Waals surface area contributed by atoms with Gasteiger partial charge in [-0.1, -0.05) is 11.6 Å². The Morgan fingerprint density at radius 2 is 2.04 bits per heavy atom. The number of halogens is 1. The summed E-state index contributed by atoms with van der Waals surface area (Å²) >= 11 is 6.13. The highest BCUT2D eigenvalue weighted by atomic mass is 35.5. The van der Waals surface area contributed by atoms with Crippen LogP contribution in [-0.4, -0.2) is 16.1 Å². The number of H-pyrrole nitrogens is 1. The number of nitrogens with one attached hydrogen (secondary N) is 1. The Bertz CT molecular complexity index is 735. The fourth-order valence-electron chi connectivity index (χ4n) is 4.83. The molecule has 2 N–H and O–H groups in total. The smallest absolute Gasteiger partial charge is 0.306 e. The molecule has 0 aliphatic heterocycles. The summed E-state index contributed by atoms with van der Waals surface area (Å²) in [5.74, 6) is 0.0242. The average molecular weight is 332 g/mol. The van der Waals surface area contributed by atoms with Crippen molar-refractivity contribution in [1.82, 2.24) is 4.98 Å². The van der Waals surface area contributed by atoms with Crippen LogP contribution >= 0.6 is 11.6 Å². The zero-order chi connectivity index (χ0) is 16.0. The fraction of sp³-hybridized carbons (Fsp3) is 0.526. The van der Waals surface area contributed by atoms with Crippen LogP contribution in [0.2, 0.25) is 5.02 Å². The van der Waals surface area contributed by atoms with E-state index in [1.165, 1.54) is 23.8 Å². The maximum absolute atomic E-state index is 11.1. The molecule has 1 spiro atoms. The minimum atomic E-state index is -0.605. The van der Waals surface area contributed by atoms with E-state index in [-0.39, 0.29) is 5.92 Å². The first-order valence-corrected chi connectivity index (χ1v) is 8.91. The van der Waals surface area contributed by atoms with Gasteiger partial charge in [0.15, 0.2) is 0 Å². The van der Waals surface area contributed by atoms with E-state index in [1.807, 2.05) is 12.1 Å². The SMILES string of the molecule is O=C(O)C1CCC2(CC1)CC(Cc1c[nH]c3ccc(Cl)cc13)C2. The first-order chi connectivity index (χ1) is 11.0. The monoisotopic (exact) mass is 331 g/mol. The normalized spacial score (nSPS) is 30.5. The zero-order valence-corrected chi connectivity index (χ0v) is 13.9.